The predicted octanol–water partition coefficient (Wildman–Crippen LogP) is 2.43. The number of thiophene rings is 1. The van der Waals surface area contributed by atoms with Crippen molar-refractivity contribution in [1.29, 1.82) is 0 Å². The van der Waals surface area contributed by atoms with Crippen molar-refractivity contribution < 1.29 is 14.4 Å². The molecule has 0 bridgehead atoms. The summed E-state index contributed by atoms with van der Waals surface area (Å²) in [5, 5.41) is 18.8. The second-order valence-electron chi connectivity index (χ2n) is 6.71. The Labute approximate surface area is 145 Å². The zero-order valence-corrected chi connectivity index (χ0v) is 14.8. The summed E-state index contributed by atoms with van der Waals surface area (Å²) in [6.07, 6.45) is 2.91. The van der Waals surface area contributed by atoms with Crippen LogP contribution in [0, 0.1) is 5.41 Å². The topological polar surface area (TPSA) is 78.6 Å². The monoisotopic (exact) mass is 349 g/mol. The van der Waals surface area contributed by atoms with Crippen LogP contribution in [0.25, 0.3) is 0 Å². The van der Waals surface area contributed by atoms with Gasteiger partial charge < -0.3 is 19.8 Å². The molecule has 0 spiro atoms. The van der Waals surface area contributed by atoms with Crippen molar-refractivity contribution in [3.8, 4) is 0 Å². The van der Waals surface area contributed by atoms with Gasteiger partial charge in [-0.3, -0.25) is 4.79 Å². The molecule has 1 aliphatic carbocycles. The molecule has 2 heterocycles. The van der Waals surface area contributed by atoms with E-state index in [1.807, 2.05) is 36.5 Å². The summed E-state index contributed by atoms with van der Waals surface area (Å²) in [6, 6.07) is 5.45. The second kappa shape index (κ2) is 7.04. The van der Waals surface area contributed by atoms with Crippen LogP contribution in [0.5, 0.6) is 0 Å². The summed E-state index contributed by atoms with van der Waals surface area (Å²) in [5.41, 5.74) is 0.0114. The molecule has 7 heteroatoms. The van der Waals surface area contributed by atoms with E-state index in [9.17, 15) is 9.90 Å². The fourth-order valence-electron chi connectivity index (χ4n) is 3.16. The number of rotatable bonds is 7. The van der Waals surface area contributed by atoms with Crippen LogP contribution >= 0.6 is 11.3 Å². The Kier molecular flexibility index (Phi) is 5.03. The molecule has 1 fully saturated rings. The van der Waals surface area contributed by atoms with Gasteiger partial charge in [0.1, 0.15) is 0 Å². The minimum Gasteiger partial charge on any atom is -0.396 e. The van der Waals surface area contributed by atoms with E-state index in [1.165, 1.54) is 0 Å². The lowest BCUT2D eigenvalue weighted by molar-refractivity contribution is 0.00698. The van der Waals surface area contributed by atoms with Crippen LogP contribution in [0.2, 0.25) is 0 Å². The number of nitrogens with one attached hydrogen (secondary N) is 1. The Hall–Kier alpha value is -1.70. The van der Waals surface area contributed by atoms with Gasteiger partial charge in [0.15, 0.2) is 11.5 Å². The molecule has 1 unspecified atom stereocenters. The highest BCUT2D eigenvalue weighted by atomic mass is 32.1. The van der Waals surface area contributed by atoms with E-state index >= 15 is 0 Å². The summed E-state index contributed by atoms with van der Waals surface area (Å²) in [5.74, 6) is 0.389. The van der Waals surface area contributed by atoms with Crippen LogP contribution in [0.4, 0.5) is 0 Å². The third-order valence-electron chi connectivity index (χ3n) is 4.64. The normalized spacial score (nSPS) is 17.5. The second-order valence-corrected chi connectivity index (χ2v) is 7.69. The molecule has 0 saturated heterocycles. The lowest BCUT2D eigenvalue weighted by atomic mass is 9.64. The SMILES string of the molecule is CN(C)Cc1cc(C(=O)NC(c2cccs2)C2(CO)CCC2)no1. The van der Waals surface area contributed by atoms with E-state index in [2.05, 4.69) is 10.5 Å². The number of aromatic nitrogens is 1. The molecule has 24 heavy (non-hydrogen) atoms. The third-order valence-corrected chi connectivity index (χ3v) is 5.58. The van der Waals surface area contributed by atoms with Gasteiger partial charge in [-0.1, -0.05) is 17.6 Å². The smallest absolute Gasteiger partial charge is 0.274 e. The van der Waals surface area contributed by atoms with Gasteiger partial charge in [-0.05, 0) is 38.4 Å². The van der Waals surface area contributed by atoms with Crippen molar-refractivity contribution in [2.75, 3.05) is 20.7 Å². The number of aliphatic hydroxyl groups excluding tert-OH is 1. The Morgan fingerprint density at radius 3 is 2.88 bits per heavy atom. The average molecular weight is 349 g/mol. The molecule has 2 N–H and O–H groups in total. The van der Waals surface area contributed by atoms with Crippen LogP contribution < -0.4 is 5.32 Å². The van der Waals surface area contributed by atoms with E-state index in [1.54, 1.807) is 17.4 Å². The van der Waals surface area contributed by atoms with Crippen LogP contribution in [0.1, 0.15) is 46.4 Å². The van der Waals surface area contributed by atoms with E-state index < -0.39 is 0 Å². The van der Waals surface area contributed by atoms with Crippen LogP contribution in [0.3, 0.4) is 0 Å². The first kappa shape index (κ1) is 17.1. The maximum atomic E-state index is 12.6. The molecule has 2 aromatic rings. The molecule has 1 saturated carbocycles. The van der Waals surface area contributed by atoms with Gasteiger partial charge in [0.05, 0.1) is 19.2 Å². The fourth-order valence-corrected chi connectivity index (χ4v) is 4.08. The van der Waals surface area contributed by atoms with Gasteiger partial charge in [-0.2, -0.15) is 0 Å². The number of nitrogens with zero attached hydrogens (tertiary/aromatic N) is 2. The quantitative estimate of drug-likeness (QED) is 0.803. The molecule has 1 atom stereocenters. The maximum absolute atomic E-state index is 12.6. The third kappa shape index (κ3) is 3.38. The number of carbonyl (C=O) groups excluding carboxylic acids is 1. The summed E-state index contributed by atoms with van der Waals surface area (Å²) in [7, 11) is 3.85. The lowest BCUT2D eigenvalue weighted by Gasteiger charge is -2.46. The van der Waals surface area contributed by atoms with E-state index in [0.717, 1.165) is 24.1 Å². The van der Waals surface area contributed by atoms with Gasteiger partial charge in [0.2, 0.25) is 0 Å². The maximum Gasteiger partial charge on any atom is 0.274 e. The van der Waals surface area contributed by atoms with Gasteiger partial charge >= 0.3 is 0 Å². The van der Waals surface area contributed by atoms with Crippen molar-refractivity contribution in [2.45, 2.75) is 31.8 Å². The first-order valence-electron chi connectivity index (χ1n) is 8.09. The molecular weight excluding hydrogens is 326 g/mol. The molecule has 1 amide bonds. The highest BCUT2D eigenvalue weighted by molar-refractivity contribution is 7.10. The number of hydrogen-bond acceptors (Lipinski definition) is 6. The summed E-state index contributed by atoms with van der Waals surface area (Å²) >= 11 is 1.60. The van der Waals surface area contributed by atoms with Crippen molar-refractivity contribution in [3.63, 3.8) is 0 Å². The van der Waals surface area contributed by atoms with Crippen LogP contribution in [-0.2, 0) is 6.54 Å². The van der Waals surface area contributed by atoms with Crippen molar-refractivity contribution in [2.24, 2.45) is 5.41 Å². The average Bonchev–Trinajstić information content (AvgIpc) is 3.16. The van der Waals surface area contributed by atoms with E-state index in [4.69, 9.17) is 4.52 Å². The molecule has 130 valence electrons. The van der Waals surface area contributed by atoms with Crippen molar-refractivity contribution >= 4 is 17.2 Å². The zero-order chi connectivity index (χ0) is 17.2. The summed E-state index contributed by atoms with van der Waals surface area (Å²) in [6.45, 7) is 0.662. The lowest BCUT2D eigenvalue weighted by Crippen LogP contribution is -2.47. The Morgan fingerprint density at radius 1 is 1.54 bits per heavy atom. The predicted molar refractivity (Wildman–Crippen MR) is 91.8 cm³/mol. The highest BCUT2D eigenvalue weighted by Gasteiger charge is 2.45. The zero-order valence-electron chi connectivity index (χ0n) is 14.0. The summed E-state index contributed by atoms with van der Waals surface area (Å²) in [4.78, 5) is 15.6. The Bertz CT molecular complexity index is 672. The Morgan fingerprint density at radius 2 is 2.33 bits per heavy atom. The Balaban J connectivity index is 1.77. The minimum atomic E-state index is -0.267. The molecule has 3 rings (SSSR count). The molecule has 2 aromatic heterocycles. The number of carbonyl (C=O) groups is 1. The van der Waals surface area contributed by atoms with Crippen LogP contribution in [-0.4, -0.2) is 41.8 Å². The molecule has 0 aliphatic heterocycles. The standard InChI is InChI=1S/C17H23N3O3S/c1-20(2)10-12-9-13(19-23-12)16(22)18-15(14-5-3-8-24-14)17(11-21)6-4-7-17/h3,5,8-9,15,21H,4,6-7,10-11H2,1-2H3,(H,18,22). The molecular formula is C17H23N3O3S. The number of aliphatic hydroxyl groups is 1. The van der Waals surface area contributed by atoms with Gasteiger partial charge in [-0.25, -0.2) is 0 Å². The van der Waals surface area contributed by atoms with Gasteiger partial charge in [0.25, 0.3) is 5.91 Å². The van der Waals surface area contributed by atoms with Crippen molar-refractivity contribution in [3.05, 3.63) is 39.9 Å². The van der Waals surface area contributed by atoms with E-state index in [-0.39, 0.29) is 29.7 Å². The molecule has 0 radical (unpaired) electrons. The van der Waals surface area contributed by atoms with E-state index in [0.29, 0.717) is 12.3 Å². The molecule has 0 aromatic carbocycles. The van der Waals surface area contributed by atoms with Gasteiger partial charge in [-0.15, -0.1) is 11.3 Å². The fraction of sp³-hybridized carbons (Fsp3) is 0.529. The largest absolute Gasteiger partial charge is 0.396 e. The summed E-state index contributed by atoms with van der Waals surface area (Å²) < 4.78 is 5.22. The number of hydrogen-bond donors (Lipinski definition) is 2. The first-order valence-corrected chi connectivity index (χ1v) is 8.97. The van der Waals surface area contributed by atoms with Gasteiger partial charge in [0, 0.05) is 16.4 Å². The molecule has 6 nitrogen and oxygen atoms in total. The highest BCUT2D eigenvalue weighted by Crippen LogP contribution is 2.50. The minimum absolute atomic E-state index is 0.0700. The van der Waals surface area contributed by atoms with Crippen LogP contribution in [0.15, 0.2) is 28.1 Å². The number of amides is 1. The van der Waals surface area contributed by atoms with Crippen molar-refractivity contribution in [1.82, 2.24) is 15.4 Å². The molecule has 1 aliphatic rings. The first-order chi connectivity index (χ1) is 11.5.